The number of rotatable bonds is 7. The number of carboxylic acids is 1. The van der Waals surface area contributed by atoms with Gasteiger partial charge < -0.3 is 15.3 Å². The summed E-state index contributed by atoms with van der Waals surface area (Å²) in [4.78, 5) is 9.25. The van der Waals surface area contributed by atoms with E-state index in [2.05, 4.69) is 13.5 Å². The van der Waals surface area contributed by atoms with Gasteiger partial charge in [-0.25, -0.2) is 4.79 Å². The van der Waals surface area contributed by atoms with Crippen molar-refractivity contribution in [2.24, 2.45) is 5.41 Å². The molecule has 0 atom stereocenters. The van der Waals surface area contributed by atoms with E-state index in [9.17, 15) is 4.79 Å². The Morgan fingerprint density at radius 1 is 1.31 bits per heavy atom. The third-order valence-electron chi connectivity index (χ3n) is 2.66. The summed E-state index contributed by atoms with van der Waals surface area (Å²) < 4.78 is 0. The third kappa shape index (κ3) is 8.44. The molecule has 0 fully saturated rings. The molecule has 0 unspecified atom stereocenters. The Balaban J connectivity index is 0. The summed E-state index contributed by atoms with van der Waals surface area (Å²) in [5, 5.41) is 25.7. The van der Waals surface area contributed by atoms with Crippen LogP contribution in [-0.2, 0) is 4.79 Å². The van der Waals surface area contributed by atoms with Crippen LogP contribution in [0.25, 0.3) is 0 Å². The van der Waals surface area contributed by atoms with Crippen molar-refractivity contribution in [3.05, 3.63) is 12.7 Å². The van der Waals surface area contributed by atoms with Gasteiger partial charge in [-0.05, 0) is 12.8 Å². The maximum Gasteiger partial charge on any atom is 0.327 e. The quantitative estimate of drug-likeness (QED) is 0.585. The van der Waals surface area contributed by atoms with Crippen LogP contribution >= 0.6 is 0 Å². The fourth-order valence-electron chi connectivity index (χ4n) is 1.16. The summed E-state index contributed by atoms with van der Waals surface area (Å²) in [7, 11) is 0. The van der Waals surface area contributed by atoms with Crippen LogP contribution in [0.4, 0.5) is 0 Å². The highest BCUT2D eigenvalue weighted by Crippen LogP contribution is 2.27. The van der Waals surface area contributed by atoms with Crippen molar-refractivity contribution in [3.8, 4) is 0 Å². The number of carbonyl (C=O) groups is 1. The average Bonchev–Trinajstić information content (AvgIpc) is 2.32. The van der Waals surface area contributed by atoms with Gasteiger partial charge >= 0.3 is 5.97 Å². The first-order valence-corrected chi connectivity index (χ1v) is 5.59. The highest BCUT2D eigenvalue weighted by Gasteiger charge is 2.25. The summed E-state index contributed by atoms with van der Waals surface area (Å²) in [6.45, 7) is 7.32. The van der Waals surface area contributed by atoms with E-state index in [4.69, 9.17) is 15.3 Å². The maximum absolute atomic E-state index is 9.25. The van der Waals surface area contributed by atoms with Gasteiger partial charge in [-0.2, -0.15) is 0 Å². The summed E-state index contributed by atoms with van der Waals surface area (Å²) in [6.07, 6.45) is 4.85. The molecule has 4 nitrogen and oxygen atoms in total. The van der Waals surface area contributed by atoms with Crippen LogP contribution in [0.2, 0.25) is 0 Å². The monoisotopic (exact) mass is 232 g/mol. The van der Waals surface area contributed by atoms with Crippen molar-refractivity contribution in [2.75, 3.05) is 13.2 Å². The number of hydrogen-bond donors (Lipinski definition) is 3. The van der Waals surface area contributed by atoms with Gasteiger partial charge in [0.2, 0.25) is 0 Å². The van der Waals surface area contributed by atoms with E-state index in [0.29, 0.717) is 0 Å². The minimum atomic E-state index is -0.981. The van der Waals surface area contributed by atoms with Crippen LogP contribution in [0.3, 0.4) is 0 Å². The molecule has 0 aromatic heterocycles. The van der Waals surface area contributed by atoms with Gasteiger partial charge in [-0.3, -0.25) is 0 Å². The van der Waals surface area contributed by atoms with Crippen LogP contribution < -0.4 is 0 Å². The SMILES string of the molecule is C=CC(=O)O.CCCCC(CC)(CO)CO. The zero-order chi connectivity index (χ0) is 13.0. The Bertz CT molecular complexity index is 177. The molecule has 0 aromatic rings. The van der Waals surface area contributed by atoms with Gasteiger partial charge in [-0.15, -0.1) is 0 Å². The summed E-state index contributed by atoms with van der Waals surface area (Å²) in [5.74, 6) is -0.981. The molecule has 0 bridgehead atoms. The standard InChI is InChI=1S/C9H20O2.C3H4O2/c1-3-5-6-9(4-2,7-10)8-11;1-2-3(4)5/h10-11H,3-8H2,1-2H3;2H,1H2,(H,4,5). The van der Waals surface area contributed by atoms with E-state index >= 15 is 0 Å². The first-order valence-electron chi connectivity index (χ1n) is 5.59. The van der Waals surface area contributed by atoms with Crippen LogP contribution in [0, 0.1) is 5.41 Å². The molecule has 0 saturated carbocycles. The largest absolute Gasteiger partial charge is 0.478 e. The first kappa shape index (κ1) is 17.5. The molecule has 0 heterocycles. The van der Waals surface area contributed by atoms with E-state index in [0.717, 1.165) is 31.8 Å². The lowest BCUT2D eigenvalue weighted by Crippen LogP contribution is -2.28. The number of aliphatic carboxylic acids is 1. The molecule has 0 aromatic carbocycles. The normalized spacial score (nSPS) is 10.2. The lowest BCUT2D eigenvalue weighted by Gasteiger charge is -2.27. The molecule has 3 N–H and O–H groups in total. The van der Waals surface area contributed by atoms with Crippen molar-refractivity contribution in [2.45, 2.75) is 39.5 Å². The van der Waals surface area contributed by atoms with E-state index in [1.807, 2.05) is 6.92 Å². The lowest BCUT2D eigenvalue weighted by atomic mass is 9.82. The maximum atomic E-state index is 9.25. The van der Waals surface area contributed by atoms with Crippen molar-refractivity contribution in [1.82, 2.24) is 0 Å². The predicted octanol–water partition coefficient (Wildman–Crippen LogP) is 1.81. The number of aliphatic hydroxyl groups is 2. The van der Waals surface area contributed by atoms with Gasteiger partial charge in [0.15, 0.2) is 0 Å². The predicted molar refractivity (Wildman–Crippen MR) is 64.3 cm³/mol. The number of aliphatic hydroxyl groups excluding tert-OH is 2. The number of unbranched alkanes of at least 4 members (excludes halogenated alkanes) is 1. The molecule has 0 aliphatic heterocycles. The minimum Gasteiger partial charge on any atom is -0.478 e. The van der Waals surface area contributed by atoms with E-state index < -0.39 is 5.97 Å². The second-order valence-corrected chi connectivity index (χ2v) is 3.82. The Hall–Kier alpha value is -0.870. The van der Waals surface area contributed by atoms with Gasteiger partial charge in [0.1, 0.15) is 0 Å². The van der Waals surface area contributed by atoms with E-state index in [1.54, 1.807) is 0 Å². The van der Waals surface area contributed by atoms with Crippen molar-refractivity contribution >= 4 is 5.97 Å². The molecule has 0 aliphatic carbocycles. The number of carboxylic acid groups (broad SMARTS) is 1. The topological polar surface area (TPSA) is 77.8 Å². The molecule has 0 radical (unpaired) electrons. The zero-order valence-electron chi connectivity index (χ0n) is 10.3. The molecule has 16 heavy (non-hydrogen) atoms. The molecule has 0 rings (SSSR count). The van der Waals surface area contributed by atoms with Crippen molar-refractivity contribution in [3.63, 3.8) is 0 Å². The smallest absolute Gasteiger partial charge is 0.327 e. The van der Waals surface area contributed by atoms with Crippen LogP contribution in [-0.4, -0.2) is 34.5 Å². The van der Waals surface area contributed by atoms with Gasteiger partial charge in [0.25, 0.3) is 0 Å². The molecular weight excluding hydrogens is 208 g/mol. The Morgan fingerprint density at radius 2 is 1.75 bits per heavy atom. The number of hydrogen-bond acceptors (Lipinski definition) is 3. The average molecular weight is 232 g/mol. The highest BCUT2D eigenvalue weighted by molar-refractivity contribution is 5.78. The molecule has 4 heteroatoms. The molecule has 0 amide bonds. The Morgan fingerprint density at radius 3 is 1.94 bits per heavy atom. The van der Waals surface area contributed by atoms with Crippen molar-refractivity contribution < 1.29 is 20.1 Å². The zero-order valence-corrected chi connectivity index (χ0v) is 10.3. The fourth-order valence-corrected chi connectivity index (χ4v) is 1.16. The minimum absolute atomic E-state index is 0.111. The molecule has 0 saturated heterocycles. The Labute approximate surface area is 97.6 Å². The summed E-state index contributed by atoms with van der Waals surface area (Å²) >= 11 is 0. The van der Waals surface area contributed by atoms with Gasteiger partial charge in [0, 0.05) is 11.5 Å². The fraction of sp³-hybridized carbons (Fsp3) is 0.750. The van der Waals surface area contributed by atoms with Crippen molar-refractivity contribution in [1.29, 1.82) is 0 Å². The second-order valence-electron chi connectivity index (χ2n) is 3.82. The van der Waals surface area contributed by atoms with Crippen LogP contribution in [0.5, 0.6) is 0 Å². The Kier molecular flexibility index (Phi) is 11.7. The highest BCUT2D eigenvalue weighted by atomic mass is 16.4. The summed E-state index contributed by atoms with van der Waals surface area (Å²) in [5.41, 5.74) is -0.212. The molecule has 0 aliphatic rings. The van der Waals surface area contributed by atoms with Crippen LogP contribution in [0.1, 0.15) is 39.5 Å². The molecule has 0 spiro atoms. The molecular formula is C12H24O4. The van der Waals surface area contributed by atoms with Crippen LogP contribution in [0.15, 0.2) is 12.7 Å². The third-order valence-corrected chi connectivity index (χ3v) is 2.66. The van der Waals surface area contributed by atoms with Gasteiger partial charge in [-0.1, -0.05) is 33.3 Å². The molecule has 96 valence electrons. The lowest BCUT2D eigenvalue weighted by molar-refractivity contribution is -0.131. The van der Waals surface area contributed by atoms with Gasteiger partial charge in [0.05, 0.1) is 13.2 Å². The van der Waals surface area contributed by atoms with E-state index in [-0.39, 0.29) is 18.6 Å². The first-order chi connectivity index (χ1) is 7.51. The second kappa shape index (κ2) is 10.6. The summed E-state index contributed by atoms with van der Waals surface area (Å²) in [6, 6.07) is 0. The van der Waals surface area contributed by atoms with E-state index in [1.165, 1.54) is 0 Å².